The lowest BCUT2D eigenvalue weighted by molar-refractivity contribution is 0.0573. The fourth-order valence-electron chi connectivity index (χ4n) is 2.99. The van der Waals surface area contributed by atoms with Crippen molar-refractivity contribution in [2.75, 3.05) is 31.9 Å². The molecule has 35 heavy (non-hydrogen) atoms. The molecule has 1 fully saturated rings. The number of hydrogen-bond donors (Lipinski definition) is 0. The van der Waals surface area contributed by atoms with Crippen molar-refractivity contribution >= 4 is 17.9 Å². The van der Waals surface area contributed by atoms with Gasteiger partial charge in [0.15, 0.2) is 11.9 Å². The minimum absolute atomic E-state index is 0.0216. The Labute approximate surface area is 202 Å². The Morgan fingerprint density at radius 3 is 2.31 bits per heavy atom. The lowest BCUT2D eigenvalue weighted by Gasteiger charge is -2.26. The molecular weight excluding hydrogens is 464 g/mol. The second-order valence-corrected chi connectivity index (χ2v) is 9.08. The lowest BCUT2D eigenvalue weighted by atomic mass is 10.2. The van der Waals surface area contributed by atoms with E-state index in [9.17, 15) is 18.4 Å². The maximum Gasteiger partial charge on any atom is 0.416 e. The van der Waals surface area contributed by atoms with Crippen LogP contribution in [0, 0.1) is 5.92 Å². The van der Waals surface area contributed by atoms with Crippen molar-refractivity contribution in [3.8, 4) is 17.4 Å². The molecule has 2 aromatic rings. The quantitative estimate of drug-likeness (QED) is 0.431. The van der Waals surface area contributed by atoms with Gasteiger partial charge < -0.3 is 18.9 Å². The lowest BCUT2D eigenvalue weighted by Crippen LogP contribution is -2.38. The summed E-state index contributed by atoms with van der Waals surface area (Å²) in [6.45, 7) is 3.73. The molecule has 0 spiro atoms. The fraction of sp³-hybridized carbons (Fsp3) is 0.500. The topological polar surface area (TPSA) is 100 Å². The van der Waals surface area contributed by atoms with Crippen LogP contribution in [0.3, 0.4) is 0 Å². The minimum Gasteiger partial charge on any atom is -0.485 e. The van der Waals surface area contributed by atoms with Crippen LogP contribution in [0.25, 0.3) is 0 Å². The van der Waals surface area contributed by atoms with Gasteiger partial charge in [0.05, 0.1) is 25.1 Å². The Morgan fingerprint density at radius 2 is 1.77 bits per heavy atom. The highest BCUT2D eigenvalue weighted by Crippen LogP contribution is 2.32. The first-order chi connectivity index (χ1) is 16.6. The molecule has 9 nitrogen and oxygen atoms in total. The summed E-state index contributed by atoms with van der Waals surface area (Å²) in [4.78, 5) is 34.7. The third-order valence-electron chi connectivity index (χ3n) is 4.81. The predicted octanol–water partition coefficient (Wildman–Crippen LogP) is 4.89. The van der Waals surface area contributed by atoms with E-state index in [1.165, 1.54) is 42.6 Å². The van der Waals surface area contributed by atoms with Crippen molar-refractivity contribution in [1.29, 1.82) is 0 Å². The summed E-state index contributed by atoms with van der Waals surface area (Å²) in [5.41, 5.74) is -0.607. The smallest absolute Gasteiger partial charge is 0.416 e. The van der Waals surface area contributed by atoms with E-state index in [1.807, 2.05) is 0 Å². The highest BCUT2D eigenvalue weighted by Gasteiger charge is 2.31. The summed E-state index contributed by atoms with van der Waals surface area (Å²) < 4.78 is 47.0. The van der Waals surface area contributed by atoms with Crippen LogP contribution < -0.4 is 14.4 Å². The molecule has 190 valence electrons. The Kier molecular flexibility index (Phi) is 8.42. The maximum atomic E-state index is 12.9. The number of methoxy groups -OCH3 is 1. The van der Waals surface area contributed by atoms with Gasteiger partial charge >= 0.3 is 12.1 Å². The summed E-state index contributed by atoms with van der Waals surface area (Å²) >= 11 is 0. The largest absolute Gasteiger partial charge is 0.485 e. The van der Waals surface area contributed by atoms with Crippen LogP contribution in [-0.2, 0) is 9.47 Å². The normalized spacial score (nSPS) is 13.3. The van der Waals surface area contributed by atoms with E-state index in [0.717, 1.165) is 12.8 Å². The van der Waals surface area contributed by atoms with Gasteiger partial charge in [-0.1, -0.05) is 0 Å². The second-order valence-electron chi connectivity index (χ2n) is 9.08. The van der Waals surface area contributed by atoms with E-state index in [-0.39, 0.29) is 22.9 Å². The van der Waals surface area contributed by atoms with Crippen LogP contribution in [0.2, 0.25) is 0 Å². The number of amides is 1. The zero-order chi connectivity index (χ0) is 25.6. The Balaban J connectivity index is 1.80. The number of alkyl halides is 2. The maximum absolute atomic E-state index is 12.9. The van der Waals surface area contributed by atoms with Crippen molar-refractivity contribution in [1.82, 2.24) is 9.97 Å². The molecule has 1 amide bonds. The van der Waals surface area contributed by atoms with Gasteiger partial charge in [0, 0.05) is 12.6 Å². The number of anilines is 1. The number of nitrogens with zero attached hydrogens (tertiary/aromatic N) is 3. The van der Waals surface area contributed by atoms with Gasteiger partial charge in [0.2, 0.25) is 5.88 Å². The molecule has 1 aliphatic carbocycles. The standard InChI is InChI=1S/C24H29F2N3O6/c1-24(2,3)35-23(31)29(14-15-5-6-15)20-12-28-21(13-27-20)34-18-8-16(22(30)32-4)7-17(9-18)33-19(10-25)11-26/h7-9,12-13,15,19H,5-6,10-11,14H2,1-4H3. The number of benzene rings is 1. The van der Waals surface area contributed by atoms with Crippen molar-refractivity contribution < 1.29 is 37.3 Å². The molecule has 0 saturated heterocycles. The molecule has 1 heterocycles. The SMILES string of the molecule is COC(=O)c1cc(Oc2cnc(N(CC3CC3)C(=O)OC(C)(C)C)cn2)cc(OC(CF)CF)c1. The van der Waals surface area contributed by atoms with Crippen LogP contribution in [0.5, 0.6) is 17.4 Å². The van der Waals surface area contributed by atoms with Gasteiger partial charge in [-0.25, -0.2) is 28.3 Å². The molecule has 1 saturated carbocycles. The molecule has 3 rings (SSSR count). The molecule has 0 radical (unpaired) electrons. The van der Waals surface area contributed by atoms with Gasteiger partial charge in [-0.05, 0) is 51.7 Å². The van der Waals surface area contributed by atoms with Gasteiger partial charge in [-0.3, -0.25) is 4.90 Å². The van der Waals surface area contributed by atoms with Gasteiger partial charge in [0.25, 0.3) is 0 Å². The average Bonchev–Trinajstić information content (AvgIpc) is 3.64. The number of hydrogen-bond acceptors (Lipinski definition) is 8. The average molecular weight is 494 g/mol. The first-order valence-corrected chi connectivity index (χ1v) is 11.1. The highest BCUT2D eigenvalue weighted by atomic mass is 19.1. The van der Waals surface area contributed by atoms with Gasteiger partial charge in [-0.15, -0.1) is 0 Å². The van der Waals surface area contributed by atoms with E-state index in [2.05, 4.69) is 9.97 Å². The van der Waals surface area contributed by atoms with Crippen LogP contribution in [0.15, 0.2) is 30.6 Å². The molecule has 1 aromatic heterocycles. The van der Waals surface area contributed by atoms with E-state index in [0.29, 0.717) is 18.3 Å². The summed E-state index contributed by atoms with van der Waals surface area (Å²) in [5.74, 6) is 0.199. The Bertz CT molecular complexity index is 1020. The van der Waals surface area contributed by atoms with E-state index in [4.69, 9.17) is 18.9 Å². The van der Waals surface area contributed by atoms with Crippen LogP contribution >= 0.6 is 0 Å². The van der Waals surface area contributed by atoms with Crippen LogP contribution in [0.4, 0.5) is 19.4 Å². The highest BCUT2D eigenvalue weighted by molar-refractivity contribution is 5.90. The number of halogens is 2. The van der Waals surface area contributed by atoms with Gasteiger partial charge in [-0.2, -0.15) is 0 Å². The molecule has 1 aliphatic rings. The molecule has 0 N–H and O–H groups in total. The molecule has 0 atom stereocenters. The predicted molar refractivity (Wildman–Crippen MR) is 123 cm³/mol. The number of ether oxygens (including phenoxy) is 4. The number of carbonyl (C=O) groups is 2. The Morgan fingerprint density at radius 1 is 1.09 bits per heavy atom. The zero-order valence-electron chi connectivity index (χ0n) is 20.1. The summed E-state index contributed by atoms with van der Waals surface area (Å²) in [6, 6.07) is 4.02. The van der Waals surface area contributed by atoms with E-state index >= 15 is 0 Å². The van der Waals surface area contributed by atoms with Crippen molar-refractivity contribution in [2.24, 2.45) is 5.92 Å². The van der Waals surface area contributed by atoms with Crippen molar-refractivity contribution in [3.05, 3.63) is 36.2 Å². The Hall–Kier alpha value is -3.50. The number of rotatable bonds is 10. The summed E-state index contributed by atoms with van der Waals surface area (Å²) in [5, 5.41) is 0. The summed E-state index contributed by atoms with van der Waals surface area (Å²) in [7, 11) is 1.20. The second kappa shape index (κ2) is 11.3. The van der Waals surface area contributed by atoms with Crippen molar-refractivity contribution in [3.63, 3.8) is 0 Å². The minimum atomic E-state index is -1.32. The van der Waals surface area contributed by atoms with E-state index in [1.54, 1.807) is 20.8 Å². The number of carbonyl (C=O) groups excluding carboxylic acids is 2. The number of aromatic nitrogens is 2. The monoisotopic (exact) mass is 493 g/mol. The third-order valence-corrected chi connectivity index (χ3v) is 4.81. The first kappa shape index (κ1) is 26.1. The first-order valence-electron chi connectivity index (χ1n) is 11.1. The molecule has 0 unspecified atom stereocenters. The fourth-order valence-corrected chi connectivity index (χ4v) is 2.99. The molecule has 0 aliphatic heterocycles. The molecular formula is C24H29F2N3O6. The van der Waals surface area contributed by atoms with Crippen molar-refractivity contribution in [2.45, 2.75) is 45.3 Å². The van der Waals surface area contributed by atoms with Gasteiger partial charge in [0.1, 0.15) is 30.4 Å². The summed E-state index contributed by atoms with van der Waals surface area (Å²) in [6.07, 6.45) is 2.92. The molecule has 0 bridgehead atoms. The zero-order valence-corrected chi connectivity index (χ0v) is 20.1. The third kappa shape index (κ3) is 7.76. The van der Waals surface area contributed by atoms with Crippen LogP contribution in [-0.4, -0.2) is 60.7 Å². The molecule has 11 heteroatoms. The number of esters is 1. The van der Waals surface area contributed by atoms with Crippen LogP contribution in [0.1, 0.15) is 44.0 Å². The van der Waals surface area contributed by atoms with E-state index < -0.39 is 37.1 Å². The molecule has 1 aromatic carbocycles.